The molecule has 0 radical (unpaired) electrons. The van der Waals surface area contributed by atoms with E-state index in [9.17, 15) is 4.79 Å². The molecule has 2 rings (SSSR count). The van der Waals surface area contributed by atoms with Gasteiger partial charge in [0.15, 0.2) is 0 Å². The first-order chi connectivity index (χ1) is 8.08. The predicted molar refractivity (Wildman–Crippen MR) is 69.8 cm³/mol. The highest BCUT2D eigenvalue weighted by atomic mass is 16.1. The minimum atomic E-state index is -0.0123. The summed E-state index contributed by atoms with van der Waals surface area (Å²) in [5, 5.41) is 2.83. The number of rotatable bonds is 2. The standard InChI is InChI=1S/C15H19NO/c1-10(2)12-5-7-13(8-6-12)14-9-4-11(3)16-15(14)17/h5-8,10,14H,3-4,9H2,1-2H3,(H,16,17). The third kappa shape index (κ3) is 2.57. The van der Waals surface area contributed by atoms with Gasteiger partial charge in [-0.15, -0.1) is 0 Å². The highest BCUT2D eigenvalue weighted by molar-refractivity contribution is 5.86. The molecule has 0 spiro atoms. The molecule has 1 saturated heterocycles. The number of nitrogens with one attached hydrogen (secondary N) is 1. The van der Waals surface area contributed by atoms with Crippen LogP contribution in [0.3, 0.4) is 0 Å². The molecule has 2 nitrogen and oxygen atoms in total. The summed E-state index contributed by atoms with van der Waals surface area (Å²) in [5.74, 6) is 0.601. The normalized spacial score (nSPS) is 20.5. The van der Waals surface area contributed by atoms with Gasteiger partial charge < -0.3 is 5.32 Å². The van der Waals surface area contributed by atoms with E-state index in [0.717, 1.165) is 24.1 Å². The summed E-state index contributed by atoms with van der Waals surface area (Å²) >= 11 is 0. The molecule has 1 aromatic carbocycles. The molecule has 1 amide bonds. The molecule has 1 aliphatic heterocycles. The Balaban J connectivity index is 2.17. The first-order valence-electron chi connectivity index (χ1n) is 6.16. The minimum Gasteiger partial charge on any atom is -0.330 e. The zero-order valence-electron chi connectivity index (χ0n) is 10.5. The van der Waals surface area contributed by atoms with Gasteiger partial charge in [-0.05, 0) is 29.9 Å². The number of piperidine rings is 1. The van der Waals surface area contributed by atoms with Crippen molar-refractivity contribution in [1.29, 1.82) is 0 Å². The Morgan fingerprint density at radius 1 is 1.29 bits per heavy atom. The van der Waals surface area contributed by atoms with E-state index < -0.39 is 0 Å². The maximum Gasteiger partial charge on any atom is 0.231 e. The molecule has 1 aromatic rings. The van der Waals surface area contributed by atoms with Crippen molar-refractivity contribution in [3.8, 4) is 0 Å². The fraction of sp³-hybridized carbons (Fsp3) is 0.400. The summed E-state index contributed by atoms with van der Waals surface area (Å²) < 4.78 is 0. The molecular weight excluding hydrogens is 210 g/mol. The van der Waals surface area contributed by atoms with E-state index in [1.165, 1.54) is 5.56 Å². The van der Waals surface area contributed by atoms with Crippen LogP contribution in [-0.2, 0) is 4.79 Å². The van der Waals surface area contributed by atoms with Gasteiger partial charge in [-0.25, -0.2) is 0 Å². The lowest BCUT2D eigenvalue weighted by Gasteiger charge is -2.24. The molecule has 2 heteroatoms. The lowest BCUT2D eigenvalue weighted by Crippen LogP contribution is -2.33. The fourth-order valence-corrected chi connectivity index (χ4v) is 2.20. The number of carbonyl (C=O) groups excluding carboxylic acids is 1. The van der Waals surface area contributed by atoms with Crippen LogP contribution in [0.25, 0.3) is 0 Å². The number of benzene rings is 1. The molecular formula is C15H19NO. The number of hydrogen-bond donors (Lipinski definition) is 1. The molecule has 0 aromatic heterocycles. The molecule has 0 bridgehead atoms. The summed E-state index contributed by atoms with van der Waals surface area (Å²) in [5.41, 5.74) is 3.26. The molecule has 1 heterocycles. The van der Waals surface area contributed by atoms with E-state index in [1.54, 1.807) is 0 Å². The van der Waals surface area contributed by atoms with Crippen LogP contribution in [0.1, 0.15) is 49.7 Å². The van der Waals surface area contributed by atoms with Crippen LogP contribution >= 0.6 is 0 Å². The third-order valence-corrected chi connectivity index (χ3v) is 3.36. The zero-order valence-corrected chi connectivity index (χ0v) is 10.5. The van der Waals surface area contributed by atoms with Crippen molar-refractivity contribution in [2.45, 2.75) is 38.5 Å². The van der Waals surface area contributed by atoms with Gasteiger partial charge >= 0.3 is 0 Å². The maximum atomic E-state index is 11.9. The van der Waals surface area contributed by atoms with Crippen LogP contribution in [0, 0.1) is 0 Å². The molecule has 1 atom stereocenters. The monoisotopic (exact) mass is 229 g/mol. The van der Waals surface area contributed by atoms with Gasteiger partial charge in [-0.3, -0.25) is 4.79 Å². The number of hydrogen-bond acceptors (Lipinski definition) is 1. The van der Waals surface area contributed by atoms with E-state index in [4.69, 9.17) is 0 Å². The van der Waals surface area contributed by atoms with Crippen molar-refractivity contribution >= 4 is 5.91 Å². The van der Waals surface area contributed by atoms with Crippen molar-refractivity contribution < 1.29 is 4.79 Å². The highest BCUT2D eigenvalue weighted by Gasteiger charge is 2.25. The first kappa shape index (κ1) is 11.9. The van der Waals surface area contributed by atoms with Gasteiger partial charge in [-0.1, -0.05) is 44.7 Å². The Bertz CT molecular complexity index is 431. The fourth-order valence-electron chi connectivity index (χ4n) is 2.20. The van der Waals surface area contributed by atoms with Gasteiger partial charge in [0.05, 0.1) is 5.92 Å². The van der Waals surface area contributed by atoms with Gasteiger partial charge in [-0.2, -0.15) is 0 Å². The van der Waals surface area contributed by atoms with Crippen molar-refractivity contribution in [3.63, 3.8) is 0 Å². The van der Waals surface area contributed by atoms with E-state index >= 15 is 0 Å². The maximum absolute atomic E-state index is 11.9. The van der Waals surface area contributed by atoms with E-state index in [1.807, 2.05) is 0 Å². The minimum absolute atomic E-state index is 0.0123. The topological polar surface area (TPSA) is 29.1 Å². The Morgan fingerprint density at radius 2 is 1.94 bits per heavy atom. The summed E-state index contributed by atoms with van der Waals surface area (Å²) in [6.07, 6.45) is 1.74. The number of allylic oxidation sites excluding steroid dienone is 1. The predicted octanol–water partition coefficient (Wildman–Crippen LogP) is 3.32. The van der Waals surface area contributed by atoms with Crippen LogP contribution in [0.15, 0.2) is 36.5 Å². The molecule has 1 N–H and O–H groups in total. The summed E-state index contributed by atoms with van der Waals surface area (Å²) in [6.45, 7) is 8.14. The molecule has 1 unspecified atom stereocenters. The summed E-state index contributed by atoms with van der Waals surface area (Å²) in [7, 11) is 0. The average molecular weight is 229 g/mol. The van der Waals surface area contributed by atoms with Crippen molar-refractivity contribution in [3.05, 3.63) is 47.7 Å². The molecule has 17 heavy (non-hydrogen) atoms. The van der Waals surface area contributed by atoms with Crippen LogP contribution in [0.5, 0.6) is 0 Å². The lowest BCUT2D eigenvalue weighted by atomic mass is 9.88. The van der Waals surface area contributed by atoms with Crippen LogP contribution < -0.4 is 5.32 Å². The van der Waals surface area contributed by atoms with E-state index in [-0.39, 0.29) is 11.8 Å². The average Bonchev–Trinajstić information content (AvgIpc) is 2.29. The Hall–Kier alpha value is -1.57. The second-order valence-electron chi connectivity index (χ2n) is 5.01. The van der Waals surface area contributed by atoms with Crippen LogP contribution in [-0.4, -0.2) is 5.91 Å². The quantitative estimate of drug-likeness (QED) is 0.828. The zero-order chi connectivity index (χ0) is 12.4. The Kier molecular flexibility index (Phi) is 3.32. The number of carbonyl (C=O) groups is 1. The molecule has 1 fully saturated rings. The van der Waals surface area contributed by atoms with Crippen LogP contribution in [0.4, 0.5) is 0 Å². The Morgan fingerprint density at radius 3 is 2.47 bits per heavy atom. The third-order valence-electron chi connectivity index (χ3n) is 3.36. The van der Waals surface area contributed by atoms with Gasteiger partial charge in [0.2, 0.25) is 5.91 Å². The van der Waals surface area contributed by atoms with Gasteiger partial charge in [0, 0.05) is 5.70 Å². The largest absolute Gasteiger partial charge is 0.330 e. The first-order valence-corrected chi connectivity index (χ1v) is 6.16. The second kappa shape index (κ2) is 4.74. The summed E-state index contributed by atoms with van der Waals surface area (Å²) in [4.78, 5) is 11.9. The van der Waals surface area contributed by atoms with Crippen molar-refractivity contribution in [2.24, 2.45) is 0 Å². The molecule has 1 aliphatic rings. The SMILES string of the molecule is C=C1CCC(c2ccc(C(C)C)cc2)C(=O)N1. The van der Waals surface area contributed by atoms with E-state index in [2.05, 4.69) is 50.0 Å². The Labute approximate surface area is 103 Å². The number of amides is 1. The highest BCUT2D eigenvalue weighted by Crippen LogP contribution is 2.28. The second-order valence-corrected chi connectivity index (χ2v) is 5.01. The van der Waals surface area contributed by atoms with Crippen LogP contribution in [0.2, 0.25) is 0 Å². The van der Waals surface area contributed by atoms with Crippen molar-refractivity contribution in [2.75, 3.05) is 0 Å². The van der Waals surface area contributed by atoms with Gasteiger partial charge in [0.25, 0.3) is 0 Å². The van der Waals surface area contributed by atoms with E-state index in [0.29, 0.717) is 5.92 Å². The lowest BCUT2D eigenvalue weighted by molar-refractivity contribution is -0.122. The molecule has 90 valence electrons. The molecule has 0 aliphatic carbocycles. The van der Waals surface area contributed by atoms with Crippen molar-refractivity contribution in [1.82, 2.24) is 5.32 Å². The smallest absolute Gasteiger partial charge is 0.231 e. The molecule has 0 saturated carbocycles. The van der Waals surface area contributed by atoms with Gasteiger partial charge in [0.1, 0.15) is 0 Å². The summed E-state index contributed by atoms with van der Waals surface area (Å²) in [6, 6.07) is 8.40.